The van der Waals surface area contributed by atoms with Crippen LogP contribution in [-0.2, 0) is 5.41 Å². The summed E-state index contributed by atoms with van der Waals surface area (Å²) in [5, 5.41) is 27.8. The molecule has 2 rings (SSSR count). The number of aliphatic hydroxyl groups is 3. The largest absolute Gasteiger partial charge is 0.491 e. The van der Waals surface area contributed by atoms with E-state index in [2.05, 4.69) is 42.5 Å². The van der Waals surface area contributed by atoms with E-state index in [1.165, 1.54) is 0 Å². The molecular weight excluding hydrogens is 495 g/mol. The maximum absolute atomic E-state index is 9.49. The summed E-state index contributed by atoms with van der Waals surface area (Å²) >= 11 is 7.78. The maximum Gasteiger partial charge on any atom is 0.132 e. The second kappa shape index (κ2) is 10.6. The minimum Gasteiger partial charge on any atom is -0.491 e. The second-order valence-corrected chi connectivity index (χ2v) is 8.53. The van der Waals surface area contributed by atoms with Gasteiger partial charge in [-0.1, -0.05) is 32.0 Å². The second-order valence-electron chi connectivity index (χ2n) is 7.06. The third-order valence-electron chi connectivity index (χ3n) is 4.49. The SMILES string of the molecule is CC(C)(c1ccc(OC[C@@H](O)CCl)cc1)c1ccc(OC[C@H](O)CO)c(I)c1. The molecule has 0 bridgehead atoms. The summed E-state index contributed by atoms with van der Waals surface area (Å²) in [4.78, 5) is 0. The highest BCUT2D eigenvalue weighted by Gasteiger charge is 2.24. The van der Waals surface area contributed by atoms with Crippen molar-refractivity contribution >= 4 is 34.2 Å². The molecule has 0 aliphatic heterocycles. The van der Waals surface area contributed by atoms with E-state index < -0.39 is 12.2 Å². The van der Waals surface area contributed by atoms with Crippen molar-refractivity contribution in [3.05, 3.63) is 57.2 Å². The Labute approximate surface area is 184 Å². The molecule has 0 saturated carbocycles. The fourth-order valence-electron chi connectivity index (χ4n) is 2.62. The normalized spacial score (nSPS) is 13.8. The molecule has 0 radical (unpaired) electrons. The fraction of sp³-hybridized carbons (Fsp3) is 0.429. The molecule has 0 saturated heterocycles. The topological polar surface area (TPSA) is 79.2 Å². The van der Waals surface area contributed by atoms with E-state index in [-0.39, 0.29) is 31.1 Å². The summed E-state index contributed by atoms with van der Waals surface area (Å²) in [5.74, 6) is 1.50. The Balaban J connectivity index is 2.11. The summed E-state index contributed by atoms with van der Waals surface area (Å²) in [6.07, 6.45) is -1.57. The summed E-state index contributed by atoms with van der Waals surface area (Å²) < 4.78 is 12.0. The number of ether oxygens (including phenoxy) is 2. The molecule has 0 amide bonds. The van der Waals surface area contributed by atoms with Gasteiger partial charge in [0.2, 0.25) is 0 Å². The van der Waals surface area contributed by atoms with E-state index in [9.17, 15) is 10.2 Å². The number of alkyl halides is 1. The smallest absolute Gasteiger partial charge is 0.132 e. The van der Waals surface area contributed by atoms with Crippen LogP contribution in [-0.4, -0.2) is 53.2 Å². The Hall–Kier alpha value is -1.06. The van der Waals surface area contributed by atoms with Crippen molar-refractivity contribution in [1.82, 2.24) is 0 Å². The van der Waals surface area contributed by atoms with E-state index in [1.54, 1.807) is 0 Å². The van der Waals surface area contributed by atoms with Gasteiger partial charge in [-0.3, -0.25) is 0 Å². The zero-order valence-electron chi connectivity index (χ0n) is 15.9. The Bertz CT molecular complexity index is 751. The molecule has 28 heavy (non-hydrogen) atoms. The standard InChI is InChI=1S/C21H26ClIO5/c1-21(2,14-3-6-18(7-4-14)27-12-16(25)10-22)15-5-8-20(19(23)9-15)28-13-17(26)11-24/h3-9,16-17,24-26H,10-13H2,1-2H3/t16-,17+/m0/s1. The van der Waals surface area contributed by atoms with Crippen LogP contribution in [0.5, 0.6) is 11.5 Å². The molecule has 2 aromatic rings. The van der Waals surface area contributed by atoms with Crippen LogP contribution in [0.1, 0.15) is 25.0 Å². The number of aliphatic hydroxyl groups excluding tert-OH is 3. The zero-order valence-corrected chi connectivity index (χ0v) is 18.9. The van der Waals surface area contributed by atoms with Crippen molar-refractivity contribution in [3.63, 3.8) is 0 Å². The van der Waals surface area contributed by atoms with Gasteiger partial charge in [0, 0.05) is 5.41 Å². The first-order valence-electron chi connectivity index (χ1n) is 8.97. The summed E-state index contributed by atoms with van der Waals surface area (Å²) in [6.45, 7) is 4.17. The lowest BCUT2D eigenvalue weighted by Gasteiger charge is -2.27. The first-order chi connectivity index (χ1) is 13.3. The molecule has 2 aromatic carbocycles. The molecule has 0 unspecified atom stereocenters. The third kappa shape index (κ3) is 6.22. The zero-order chi connectivity index (χ0) is 20.7. The van der Waals surface area contributed by atoms with Gasteiger partial charge in [0.15, 0.2) is 0 Å². The first-order valence-corrected chi connectivity index (χ1v) is 10.6. The average molecular weight is 521 g/mol. The molecule has 0 heterocycles. The summed E-state index contributed by atoms with van der Waals surface area (Å²) in [7, 11) is 0. The molecule has 3 N–H and O–H groups in total. The highest BCUT2D eigenvalue weighted by molar-refractivity contribution is 14.1. The predicted molar refractivity (Wildman–Crippen MR) is 119 cm³/mol. The van der Waals surface area contributed by atoms with Crippen LogP contribution >= 0.6 is 34.2 Å². The van der Waals surface area contributed by atoms with E-state index in [0.29, 0.717) is 11.5 Å². The van der Waals surface area contributed by atoms with E-state index >= 15 is 0 Å². The molecule has 0 spiro atoms. The van der Waals surface area contributed by atoms with Crippen molar-refractivity contribution in [2.24, 2.45) is 0 Å². The Morgan fingerprint density at radius 1 is 0.964 bits per heavy atom. The van der Waals surface area contributed by atoms with Crippen LogP contribution < -0.4 is 9.47 Å². The number of hydrogen-bond acceptors (Lipinski definition) is 5. The van der Waals surface area contributed by atoms with Crippen molar-refractivity contribution in [2.45, 2.75) is 31.5 Å². The highest BCUT2D eigenvalue weighted by Crippen LogP contribution is 2.35. The predicted octanol–water partition coefficient (Wildman–Crippen LogP) is 3.33. The van der Waals surface area contributed by atoms with Crippen LogP contribution in [0.25, 0.3) is 0 Å². The average Bonchev–Trinajstić information content (AvgIpc) is 2.70. The Kier molecular flexibility index (Phi) is 8.82. The molecule has 0 aliphatic carbocycles. The van der Waals surface area contributed by atoms with Gasteiger partial charge in [0.1, 0.15) is 36.9 Å². The van der Waals surface area contributed by atoms with Crippen LogP contribution in [0.3, 0.4) is 0 Å². The summed E-state index contributed by atoms with van der Waals surface area (Å²) in [5.41, 5.74) is 2.01. The monoisotopic (exact) mass is 520 g/mol. The minimum absolute atomic E-state index is 0.0507. The quantitative estimate of drug-likeness (QED) is 0.331. The molecule has 154 valence electrons. The van der Waals surface area contributed by atoms with Gasteiger partial charge in [-0.05, 0) is 58.0 Å². The van der Waals surface area contributed by atoms with Gasteiger partial charge in [-0.2, -0.15) is 0 Å². The molecule has 7 heteroatoms. The highest BCUT2D eigenvalue weighted by atomic mass is 127. The number of benzene rings is 2. The molecule has 5 nitrogen and oxygen atoms in total. The molecule has 0 aliphatic rings. The third-order valence-corrected chi connectivity index (χ3v) is 5.69. The fourth-order valence-corrected chi connectivity index (χ4v) is 3.38. The van der Waals surface area contributed by atoms with Crippen molar-refractivity contribution in [2.75, 3.05) is 25.7 Å². The van der Waals surface area contributed by atoms with Crippen LogP contribution in [0, 0.1) is 3.57 Å². The Morgan fingerprint density at radius 2 is 1.57 bits per heavy atom. The maximum atomic E-state index is 9.49. The molecular formula is C21H26ClIO5. The minimum atomic E-state index is -0.891. The van der Waals surface area contributed by atoms with E-state index in [1.807, 2.05) is 36.4 Å². The lowest BCUT2D eigenvalue weighted by molar-refractivity contribution is 0.0533. The molecule has 0 aromatic heterocycles. The van der Waals surface area contributed by atoms with E-state index in [0.717, 1.165) is 14.7 Å². The van der Waals surface area contributed by atoms with Crippen molar-refractivity contribution in [3.8, 4) is 11.5 Å². The molecule has 2 atom stereocenters. The van der Waals surface area contributed by atoms with Gasteiger partial charge in [-0.25, -0.2) is 0 Å². The van der Waals surface area contributed by atoms with Gasteiger partial charge in [0.25, 0.3) is 0 Å². The number of halogens is 2. The number of hydrogen-bond donors (Lipinski definition) is 3. The van der Waals surface area contributed by atoms with Crippen molar-refractivity contribution in [1.29, 1.82) is 0 Å². The first kappa shape index (κ1) is 23.2. The summed E-state index contributed by atoms with van der Waals surface area (Å²) in [6, 6.07) is 13.7. The number of rotatable bonds is 10. The van der Waals surface area contributed by atoms with Crippen LogP contribution in [0.4, 0.5) is 0 Å². The van der Waals surface area contributed by atoms with Gasteiger partial charge >= 0.3 is 0 Å². The van der Waals surface area contributed by atoms with E-state index in [4.69, 9.17) is 26.2 Å². The lowest BCUT2D eigenvalue weighted by atomic mass is 9.78. The van der Waals surface area contributed by atoms with Gasteiger partial charge in [0.05, 0.1) is 16.1 Å². The van der Waals surface area contributed by atoms with Gasteiger partial charge in [-0.15, -0.1) is 11.6 Å². The van der Waals surface area contributed by atoms with Crippen molar-refractivity contribution < 1.29 is 24.8 Å². The Morgan fingerprint density at radius 3 is 2.14 bits per heavy atom. The molecule has 0 fully saturated rings. The van der Waals surface area contributed by atoms with Gasteiger partial charge < -0.3 is 24.8 Å². The van der Waals surface area contributed by atoms with Crippen LogP contribution in [0.2, 0.25) is 0 Å². The lowest BCUT2D eigenvalue weighted by Crippen LogP contribution is -2.22. The van der Waals surface area contributed by atoms with Crippen LogP contribution in [0.15, 0.2) is 42.5 Å².